The summed E-state index contributed by atoms with van der Waals surface area (Å²) in [7, 11) is 1.68. The second kappa shape index (κ2) is 6.08. The predicted octanol–water partition coefficient (Wildman–Crippen LogP) is 1.76. The number of benzene rings is 1. The molecule has 1 unspecified atom stereocenters. The van der Waals surface area contributed by atoms with Gasteiger partial charge in [-0.05, 0) is 19.1 Å². The molecule has 0 aliphatic carbocycles. The van der Waals surface area contributed by atoms with E-state index >= 15 is 0 Å². The average Bonchev–Trinajstić information content (AvgIpc) is 2.85. The van der Waals surface area contributed by atoms with Crippen molar-refractivity contribution in [2.45, 2.75) is 18.2 Å². The van der Waals surface area contributed by atoms with Crippen LogP contribution in [0.5, 0.6) is 0 Å². The second-order valence-corrected chi connectivity index (χ2v) is 5.20. The molecule has 1 N–H and O–H groups in total. The SMILES string of the molecule is CC(CO)N(C)C(=O)CSc1nc2ccccc2o1. The molecule has 0 aliphatic rings. The number of fused-ring (bicyclic) bond motifs is 1. The van der Waals surface area contributed by atoms with E-state index in [2.05, 4.69) is 4.98 Å². The van der Waals surface area contributed by atoms with Gasteiger partial charge in [0, 0.05) is 7.05 Å². The fourth-order valence-corrected chi connectivity index (χ4v) is 2.27. The number of thioether (sulfide) groups is 1. The maximum Gasteiger partial charge on any atom is 0.257 e. The number of aromatic nitrogens is 1. The molecule has 1 amide bonds. The maximum absolute atomic E-state index is 11.9. The first-order valence-electron chi connectivity index (χ1n) is 5.96. The van der Waals surface area contributed by atoms with Crippen LogP contribution in [0, 0.1) is 0 Å². The predicted molar refractivity (Wildman–Crippen MR) is 74.1 cm³/mol. The molecule has 0 radical (unpaired) electrons. The van der Waals surface area contributed by atoms with Gasteiger partial charge in [0.15, 0.2) is 5.58 Å². The summed E-state index contributed by atoms with van der Waals surface area (Å²) in [4.78, 5) is 17.7. The highest BCUT2D eigenvalue weighted by molar-refractivity contribution is 7.99. The lowest BCUT2D eigenvalue weighted by molar-refractivity contribution is -0.129. The van der Waals surface area contributed by atoms with Gasteiger partial charge in [0.1, 0.15) is 5.52 Å². The number of nitrogens with zero attached hydrogens (tertiary/aromatic N) is 2. The summed E-state index contributed by atoms with van der Waals surface area (Å²) in [5, 5.41) is 9.49. The third-order valence-electron chi connectivity index (χ3n) is 2.91. The van der Waals surface area contributed by atoms with Gasteiger partial charge in [0.2, 0.25) is 5.91 Å². The molecule has 0 fully saturated rings. The topological polar surface area (TPSA) is 66.6 Å². The molecule has 0 saturated carbocycles. The zero-order valence-corrected chi connectivity index (χ0v) is 11.7. The number of likely N-dealkylation sites (N-methyl/N-ethyl adjacent to an activating group) is 1. The zero-order chi connectivity index (χ0) is 13.8. The molecular weight excluding hydrogens is 264 g/mol. The first-order chi connectivity index (χ1) is 9.11. The monoisotopic (exact) mass is 280 g/mol. The van der Waals surface area contributed by atoms with Crippen molar-refractivity contribution in [3.63, 3.8) is 0 Å². The number of oxazole rings is 1. The van der Waals surface area contributed by atoms with E-state index in [0.717, 1.165) is 11.1 Å². The molecule has 0 bridgehead atoms. The van der Waals surface area contributed by atoms with Gasteiger partial charge in [-0.15, -0.1) is 0 Å². The number of para-hydroxylation sites is 2. The molecule has 2 aromatic rings. The lowest BCUT2D eigenvalue weighted by Gasteiger charge is -2.22. The Labute approximate surface area is 115 Å². The first-order valence-corrected chi connectivity index (χ1v) is 6.95. The van der Waals surface area contributed by atoms with Crippen LogP contribution in [0.15, 0.2) is 33.9 Å². The highest BCUT2D eigenvalue weighted by Gasteiger charge is 2.16. The van der Waals surface area contributed by atoms with E-state index in [1.165, 1.54) is 16.7 Å². The third kappa shape index (κ3) is 3.27. The zero-order valence-electron chi connectivity index (χ0n) is 10.9. The molecular formula is C13H16N2O3S. The molecule has 0 aliphatic heterocycles. The van der Waals surface area contributed by atoms with Crippen LogP contribution in [0.2, 0.25) is 0 Å². The number of hydrogen-bond acceptors (Lipinski definition) is 5. The van der Waals surface area contributed by atoms with Crippen molar-refractivity contribution in [2.75, 3.05) is 19.4 Å². The fraction of sp³-hybridized carbons (Fsp3) is 0.385. The molecule has 6 heteroatoms. The van der Waals surface area contributed by atoms with Gasteiger partial charge in [-0.3, -0.25) is 4.79 Å². The Balaban J connectivity index is 1.96. The van der Waals surface area contributed by atoms with Crippen molar-refractivity contribution in [1.82, 2.24) is 9.88 Å². The number of aliphatic hydroxyl groups is 1. The summed E-state index contributed by atoms with van der Waals surface area (Å²) in [5.74, 6) is 0.182. The quantitative estimate of drug-likeness (QED) is 0.845. The molecule has 2 rings (SSSR count). The van der Waals surface area contributed by atoms with E-state index < -0.39 is 0 Å². The van der Waals surface area contributed by atoms with Crippen molar-refractivity contribution < 1.29 is 14.3 Å². The van der Waals surface area contributed by atoms with Crippen molar-refractivity contribution in [3.05, 3.63) is 24.3 Å². The van der Waals surface area contributed by atoms with E-state index in [1.54, 1.807) is 14.0 Å². The minimum absolute atomic E-state index is 0.0458. The fourth-order valence-electron chi connectivity index (χ4n) is 1.51. The van der Waals surface area contributed by atoms with Crippen molar-refractivity contribution in [3.8, 4) is 0 Å². The number of aliphatic hydroxyl groups excluding tert-OH is 1. The number of carbonyl (C=O) groups is 1. The first kappa shape index (κ1) is 13.9. The summed E-state index contributed by atoms with van der Waals surface area (Å²) >= 11 is 1.26. The standard InChI is InChI=1S/C13H16N2O3S/c1-9(7-16)15(2)12(17)8-19-13-14-10-5-3-4-6-11(10)18-13/h3-6,9,16H,7-8H2,1-2H3. The van der Waals surface area contributed by atoms with Crippen molar-refractivity contribution >= 4 is 28.8 Å². The van der Waals surface area contributed by atoms with Crippen LogP contribution in [0.4, 0.5) is 0 Å². The normalized spacial score (nSPS) is 12.6. The molecule has 1 aromatic carbocycles. The Bertz CT molecular complexity index is 537. The summed E-state index contributed by atoms with van der Waals surface area (Å²) in [5.41, 5.74) is 1.50. The number of rotatable bonds is 5. The van der Waals surface area contributed by atoms with Crippen LogP contribution in [0.1, 0.15) is 6.92 Å². The van der Waals surface area contributed by atoms with Gasteiger partial charge in [0.05, 0.1) is 18.4 Å². The van der Waals surface area contributed by atoms with Gasteiger partial charge in [0.25, 0.3) is 5.22 Å². The van der Waals surface area contributed by atoms with Crippen LogP contribution in [-0.4, -0.2) is 46.3 Å². The van der Waals surface area contributed by atoms with Crippen LogP contribution in [0.3, 0.4) is 0 Å². The molecule has 1 heterocycles. The molecule has 1 aromatic heterocycles. The summed E-state index contributed by atoms with van der Waals surface area (Å²) in [6, 6.07) is 7.29. The molecule has 102 valence electrons. The Kier molecular flexibility index (Phi) is 4.44. The minimum Gasteiger partial charge on any atom is -0.431 e. The highest BCUT2D eigenvalue weighted by Crippen LogP contribution is 2.23. The van der Waals surface area contributed by atoms with E-state index in [0.29, 0.717) is 5.22 Å². The second-order valence-electron chi connectivity index (χ2n) is 4.27. The summed E-state index contributed by atoms with van der Waals surface area (Å²) in [6.07, 6.45) is 0. The van der Waals surface area contributed by atoms with Crippen LogP contribution in [0.25, 0.3) is 11.1 Å². The van der Waals surface area contributed by atoms with Gasteiger partial charge >= 0.3 is 0 Å². The average molecular weight is 280 g/mol. The Morgan fingerprint density at radius 3 is 2.95 bits per heavy atom. The van der Waals surface area contributed by atoms with Crippen LogP contribution in [-0.2, 0) is 4.79 Å². The minimum atomic E-state index is -0.184. The van der Waals surface area contributed by atoms with E-state index in [1.807, 2.05) is 24.3 Å². The number of amides is 1. The lowest BCUT2D eigenvalue weighted by Crippen LogP contribution is -2.38. The van der Waals surface area contributed by atoms with Gasteiger partial charge in [-0.25, -0.2) is 4.98 Å². The van der Waals surface area contributed by atoms with Crippen molar-refractivity contribution in [2.24, 2.45) is 0 Å². The van der Waals surface area contributed by atoms with Gasteiger partial charge < -0.3 is 14.4 Å². The molecule has 0 saturated heterocycles. The maximum atomic E-state index is 11.9. The summed E-state index contributed by atoms with van der Waals surface area (Å²) in [6.45, 7) is 1.75. The Hall–Kier alpha value is -1.53. The molecule has 19 heavy (non-hydrogen) atoms. The molecule has 0 spiro atoms. The van der Waals surface area contributed by atoms with Gasteiger partial charge in [-0.2, -0.15) is 0 Å². The summed E-state index contributed by atoms with van der Waals surface area (Å²) < 4.78 is 5.52. The number of carbonyl (C=O) groups excluding carboxylic acids is 1. The third-order valence-corrected chi connectivity index (χ3v) is 3.73. The van der Waals surface area contributed by atoms with E-state index in [4.69, 9.17) is 9.52 Å². The smallest absolute Gasteiger partial charge is 0.257 e. The number of hydrogen-bond donors (Lipinski definition) is 1. The van der Waals surface area contributed by atoms with Crippen molar-refractivity contribution in [1.29, 1.82) is 0 Å². The Morgan fingerprint density at radius 2 is 2.26 bits per heavy atom. The largest absolute Gasteiger partial charge is 0.431 e. The van der Waals surface area contributed by atoms with E-state index in [-0.39, 0.29) is 24.3 Å². The molecule has 1 atom stereocenters. The Morgan fingerprint density at radius 1 is 1.53 bits per heavy atom. The van der Waals surface area contributed by atoms with Crippen LogP contribution >= 0.6 is 11.8 Å². The van der Waals surface area contributed by atoms with Gasteiger partial charge in [-0.1, -0.05) is 23.9 Å². The molecule has 5 nitrogen and oxygen atoms in total. The van der Waals surface area contributed by atoms with Crippen LogP contribution < -0.4 is 0 Å². The van der Waals surface area contributed by atoms with E-state index in [9.17, 15) is 4.79 Å². The lowest BCUT2D eigenvalue weighted by atomic mass is 10.3. The highest BCUT2D eigenvalue weighted by atomic mass is 32.2.